The van der Waals surface area contributed by atoms with E-state index in [1.165, 1.54) is 6.07 Å². The van der Waals surface area contributed by atoms with E-state index >= 15 is 0 Å². The van der Waals surface area contributed by atoms with Crippen LogP contribution in [0.3, 0.4) is 0 Å². The lowest BCUT2D eigenvalue weighted by Crippen LogP contribution is -2.17. The van der Waals surface area contributed by atoms with Crippen molar-refractivity contribution in [3.05, 3.63) is 45.0 Å². The Morgan fingerprint density at radius 3 is 2.48 bits per heavy atom. The maximum Gasteiger partial charge on any atom is 0.336 e. The second-order valence-electron chi connectivity index (χ2n) is 5.54. The smallest absolute Gasteiger partial charge is 0.336 e. The fourth-order valence-electron chi connectivity index (χ4n) is 2.86. The molecule has 124 valence electrons. The van der Waals surface area contributed by atoms with E-state index in [0.717, 1.165) is 38.8 Å². The summed E-state index contributed by atoms with van der Waals surface area (Å²) in [7, 11) is 0. The van der Waals surface area contributed by atoms with Crippen LogP contribution in [-0.2, 0) is 6.54 Å². The standard InChI is InChI=1S/C17H19NO4.ClH/c1-9-6-15(20)22-16-10(2)17-13(7-12(9)16)14(11(3)21-17)8-18-4-5-19;/h6-7,18-19H,4-5,8H2,1-3H3;1H. The van der Waals surface area contributed by atoms with Gasteiger partial charge in [-0.05, 0) is 32.4 Å². The highest BCUT2D eigenvalue weighted by atomic mass is 35.5. The molecule has 0 aliphatic rings. The van der Waals surface area contributed by atoms with Crippen LogP contribution in [0, 0.1) is 20.8 Å². The molecule has 3 aromatic rings. The van der Waals surface area contributed by atoms with E-state index in [9.17, 15) is 4.79 Å². The van der Waals surface area contributed by atoms with E-state index in [2.05, 4.69) is 5.32 Å². The molecule has 2 aromatic heterocycles. The minimum Gasteiger partial charge on any atom is -0.461 e. The maximum atomic E-state index is 11.6. The van der Waals surface area contributed by atoms with Crippen LogP contribution in [0.2, 0.25) is 0 Å². The summed E-state index contributed by atoms with van der Waals surface area (Å²) in [5.74, 6) is 0.832. The molecule has 5 nitrogen and oxygen atoms in total. The van der Waals surface area contributed by atoms with Crippen LogP contribution in [0.25, 0.3) is 21.9 Å². The molecule has 0 amide bonds. The average Bonchev–Trinajstić information content (AvgIpc) is 2.78. The van der Waals surface area contributed by atoms with E-state index < -0.39 is 0 Å². The summed E-state index contributed by atoms with van der Waals surface area (Å²) in [5, 5.41) is 14.0. The van der Waals surface area contributed by atoms with Gasteiger partial charge in [-0.15, -0.1) is 12.4 Å². The molecule has 0 atom stereocenters. The number of aliphatic hydroxyl groups is 1. The number of aliphatic hydroxyl groups excluding tert-OH is 1. The highest BCUT2D eigenvalue weighted by Gasteiger charge is 2.17. The monoisotopic (exact) mass is 337 g/mol. The van der Waals surface area contributed by atoms with Crippen molar-refractivity contribution in [3.63, 3.8) is 0 Å². The van der Waals surface area contributed by atoms with Gasteiger partial charge in [-0.1, -0.05) is 0 Å². The number of aryl methyl sites for hydroxylation is 3. The Bertz CT molecular complexity index is 910. The zero-order valence-electron chi connectivity index (χ0n) is 13.4. The molecule has 23 heavy (non-hydrogen) atoms. The summed E-state index contributed by atoms with van der Waals surface area (Å²) in [6.45, 7) is 6.99. The van der Waals surface area contributed by atoms with Crippen LogP contribution >= 0.6 is 12.4 Å². The first-order valence-electron chi connectivity index (χ1n) is 7.30. The molecule has 1 aromatic carbocycles. The predicted octanol–water partition coefficient (Wildman–Crippen LogP) is 2.97. The van der Waals surface area contributed by atoms with Gasteiger partial charge in [0.25, 0.3) is 0 Å². The zero-order valence-corrected chi connectivity index (χ0v) is 14.2. The van der Waals surface area contributed by atoms with Crippen molar-refractivity contribution < 1.29 is 13.9 Å². The lowest BCUT2D eigenvalue weighted by Gasteiger charge is -2.06. The second kappa shape index (κ2) is 6.74. The molecule has 0 fully saturated rings. The molecule has 3 rings (SSSR count). The molecular weight excluding hydrogens is 318 g/mol. The van der Waals surface area contributed by atoms with Crippen molar-refractivity contribution in [2.24, 2.45) is 0 Å². The molecule has 6 heteroatoms. The number of rotatable bonds is 4. The summed E-state index contributed by atoms with van der Waals surface area (Å²) in [4.78, 5) is 11.6. The lowest BCUT2D eigenvalue weighted by molar-refractivity contribution is 0.292. The van der Waals surface area contributed by atoms with Gasteiger partial charge in [-0.3, -0.25) is 0 Å². The first kappa shape index (κ1) is 17.5. The molecule has 2 N–H and O–H groups in total. The quantitative estimate of drug-likeness (QED) is 0.565. The number of hydrogen-bond acceptors (Lipinski definition) is 5. The van der Waals surface area contributed by atoms with Gasteiger partial charge in [-0.25, -0.2) is 4.79 Å². The van der Waals surface area contributed by atoms with Crippen molar-refractivity contribution in [3.8, 4) is 0 Å². The maximum absolute atomic E-state index is 11.6. The van der Waals surface area contributed by atoms with Crippen LogP contribution in [0.5, 0.6) is 0 Å². The van der Waals surface area contributed by atoms with Gasteiger partial charge in [0.2, 0.25) is 0 Å². The third-order valence-corrected chi connectivity index (χ3v) is 4.02. The Balaban J connectivity index is 0.00000192. The molecule has 2 heterocycles. The van der Waals surface area contributed by atoms with Gasteiger partial charge >= 0.3 is 5.63 Å². The van der Waals surface area contributed by atoms with Gasteiger partial charge in [0.15, 0.2) is 0 Å². The van der Waals surface area contributed by atoms with Crippen molar-refractivity contribution in [1.29, 1.82) is 0 Å². The van der Waals surface area contributed by atoms with Crippen LogP contribution in [0.1, 0.15) is 22.5 Å². The van der Waals surface area contributed by atoms with Gasteiger partial charge in [0, 0.05) is 41.1 Å². The van der Waals surface area contributed by atoms with Crippen molar-refractivity contribution in [2.75, 3.05) is 13.2 Å². The topological polar surface area (TPSA) is 75.6 Å². The number of furan rings is 1. The average molecular weight is 338 g/mol. The molecule has 0 saturated heterocycles. The first-order valence-corrected chi connectivity index (χ1v) is 7.30. The van der Waals surface area contributed by atoms with Gasteiger partial charge in [-0.2, -0.15) is 0 Å². The molecular formula is C17H20ClNO4. The number of halogens is 1. The van der Waals surface area contributed by atoms with Crippen molar-refractivity contribution in [1.82, 2.24) is 5.32 Å². The third kappa shape index (κ3) is 3.00. The molecule has 0 unspecified atom stereocenters. The van der Waals surface area contributed by atoms with Crippen LogP contribution in [0.15, 0.2) is 25.8 Å². The Morgan fingerprint density at radius 1 is 1.09 bits per heavy atom. The fraction of sp³-hybridized carbons (Fsp3) is 0.353. The minimum absolute atomic E-state index is 0. The SMILES string of the molecule is Cc1oc2c(C)c3oc(=O)cc(C)c3cc2c1CNCCO.Cl. The first-order chi connectivity index (χ1) is 10.5. The highest BCUT2D eigenvalue weighted by molar-refractivity contribution is 5.99. The number of benzene rings is 1. The summed E-state index contributed by atoms with van der Waals surface area (Å²) in [6.07, 6.45) is 0. The lowest BCUT2D eigenvalue weighted by atomic mass is 10.0. The fourth-order valence-corrected chi connectivity index (χ4v) is 2.86. The Hall–Kier alpha value is -1.82. The summed E-state index contributed by atoms with van der Waals surface area (Å²) in [5.41, 5.74) is 3.79. The van der Waals surface area contributed by atoms with Crippen molar-refractivity contribution >= 4 is 34.3 Å². The summed E-state index contributed by atoms with van der Waals surface area (Å²) >= 11 is 0. The molecule has 0 aliphatic carbocycles. The van der Waals surface area contributed by atoms with Gasteiger partial charge in [0.05, 0.1) is 6.61 Å². The molecule has 0 saturated carbocycles. The number of nitrogens with one attached hydrogen (secondary N) is 1. The van der Waals surface area contributed by atoms with E-state index in [1.807, 2.05) is 26.8 Å². The summed E-state index contributed by atoms with van der Waals surface area (Å²) < 4.78 is 11.2. The Morgan fingerprint density at radius 2 is 1.78 bits per heavy atom. The second-order valence-corrected chi connectivity index (χ2v) is 5.54. The zero-order chi connectivity index (χ0) is 15.9. The summed E-state index contributed by atoms with van der Waals surface area (Å²) in [6, 6.07) is 3.52. The van der Waals surface area contributed by atoms with E-state index in [4.69, 9.17) is 13.9 Å². The molecule has 0 bridgehead atoms. The predicted molar refractivity (Wildman–Crippen MR) is 92.5 cm³/mol. The third-order valence-electron chi connectivity index (χ3n) is 4.02. The Kier molecular flexibility index (Phi) is 5.14. The van der Waals surface area contributed by atoms with Crippen LogP contribution in [0.4, 0.5) is 0 Å². The van der Waals surface area contributed by atoms with Crippen molar-refractivity contribution in [2.45, 2.75) is 27.3 Å². The van der Waals surface area contributed by atoms with E-state index in [-0.39, 0.29) is 24.6 Å². The Labute approximate surface area is 139 Å². The number of fused-ring (bicyclic) bond motifs is 2. The van der Waals surface area contributed by atoms with E-state index in [0.29, 0.717) is 18.7 Å². The van der Waals surface area contributed by atoms with Crippen LogP contribution in [-0.4, -0.2) is 18.3 Å². The normalized spacial score (nSPS) is 11.1. The van der Waals surface area contributed by atoms with E-state index in [1.54, 1.807) is 0 Å². The molecule has 0 radical (unpaired) electrons. The highest BCUT2D eigenvalue weighted by Crippen LogP contribution is 2.34. The largest absolute Gasteiger partial charge is 0.461 e. The van der Waals surface area contributed by atoms with Gasteiger partial charge in [0.1, 0.15) is 16.9 Å². The molecule has 0 aliphatic heterocycles. The number of hydrogen-bond donors (Lipinski definition) is 2. The molecule has 0 spiro atoms. The van der Waals surface area contributed by atoms with Gasteiger partial charge < -0.3 is 19.3 Å². The minimum atomic E-state index is -0.347. The van der Waals surface area contributed by atoms with Crippen LogP contribution < -0.4 is 10.9 Å².